The number of nitrogens with one attached hydrogen (secondary N) is 1. The molecule has 2 fully saturated rings. The van der Waals surface area contributed by atoms with E-state index in [9.17, 15) is 14.4 Å². The molecule has 0 bridgehead atoms. The molecule has 8 heteroatoms. The number of likely N-dealkylation sites (tertiary alicyclic amines) is 1. The van der Waals surface area contributed by atoms with Crippen LogP contribution in [0.5, 0.6) is 0 Å². The average Bonchev–Trinajstić information content (AvgIpc) is 3.28. The number of thiophene rings is 1. The van der Waals surface area contributed by atoms with Gasteiger partial charge >= 0.3 is 0 Å². The Balaban J connectivity index is 1.56. The lowest BCUT2D eigenvalue weighted by atomic mass is 9.85. The first-order chi connectivity index (χ1) is 11.5. The van der Waals surface area contributed by atoms with E-state index in [1.165, 1.54) is 0 Å². The molecular weight excluding hydrogens is 328 g/mol. The summed E-state index contributed by atoms with van der Waals surface area (Å²) in [6.45, 7) is 0.735. The van der Waals surface area contributed by atoms with Crippen LogP contribution in [0.2, 0.25) is 0 Å². The van der Waals surface area contributed by atoms with Crippen molar-refractivity contribution in [1.82, 2.24) is 20.0 Å². The second-order valence-electron chi connectivity index (χ2n) is 6.33. The molecule has 3 amide bonds. The molecule has 124 valence electrons. The maximum absolute atomic E-state index is 12.7. The smallest absolute Gasteiger partial charge is 0.274 e. The number of carbonyl (C=O) groups is 3. The van der Waals surface area contributed by atoms with Crippen LogP contribution in [0, 0.1) is 5.41 Å². The van der Waals surface area contributed by atoms with E-state index in [0.717, 1.165) is 10.6 Å². The van der Waals surface area contributed by atoms with Crippen molar-refractivity contribution in [3.63, 3.8) is 0 Å². The van der Waals surface area contributed by atoms with Gasteiger partial charge in [0.1, 0.15) is 0 Å². The number of aryl methyl sites for hydroxylation is 1. The van der Waals surface area contributed by atoms with Crippen LogP contribution >= 0.6 is 11.3 Å². The number of hydrogen-bond acceptors (Lipinski definition) is 5. The first-order valence-electron chi connectivity index (χ1n) is 7.70. The number of imide groups is 1. The van der Waals surface area contributed by atoms with Crippen molar-refractivity contribution < 1.29 is 14.4 Å². The van der Waals surface area contributed by atoms with E-state index in [1.807, 2.05) is 17.5 Å². The molecule has 7 nitrogen and oxygen atoms in total. The Hall–Kier alpha value is -2.48. The Morgan fingerprint density at radius 1 is 1.42 bits per heavy atom. The summed E-state index contributed by atoms with van der Waals surface area (Å²) in [5, 5.41) is 8.65. The fraction of sp³-hybridized carbons (Fsp3) is 0.375. The van der Waals surface area contributed by atoms with Crippen LogP contribution in [0.25, 0.3) is 10.6 Å². The Kier molecular flexibility index (Phi) is 3.31. The van der Waals surface area contributed by atoms with Gasteiger partial charge in [0.15, 0.2) is 5.69 Å². The van der Waals surface area contributed by atoms with Gasteiger partial charge in [-0.15, -0.1) is 11.3 Å². The molecule has 4 rings (SSSR count). The molecule has 0 aliphatic carbocycles. The van der Waals surface area contributed by atoms with E-state index in [1.54, 1.807) is 34.0 Å². The third-order valence-electron chi connectivity index (χ3n) is 4.75. The van der Waals surface area contributed by atoms with E-state index in [0.29, 0.717) is 18.7 Å². The second-order valence-corrected chi connectivity index (χ2v) is 7.27. The lowest BCUT2D eigenvalue weighted by Gasteiger charge is -2.19. The van der Waals surface area contributed by atoms with Gasteiger partial charge in [0, 0.05) is 26.6 Å². The standard InChI is InChI=1S/C16H16N4O3S/c1-19-11(12-3-2-6-24-12)7-10(18-19)14(22)20-5-4-16(9-20)8-13(21)17-15(16)23/h2-3,6-7H,4-5,8-9H2,1H3,(H,17,21,23)/t16-/m1/s1. The largest absolute Gasteiger partial charge is 0.336 e. The maximum Gasteiger partial charge on any atom is 0.274 e. The number of carbonyl (C=O) groups excluding carboxylic acids is 3. The Morgan fingerprint density at radius 2 is 2.25 bits per heavy atom. The number of rotatable bonds is 2. The summed E-state index contributed by atoms with van der Waals surface area (Å²) in [5.41, 5.74) is 0.497. The molecule has 0 unspecified atom stereocenters. The van der Waals surface area contributed by atoms with Crippen LogP contribution in [0.3, 0.4) is 0 Å². The molecule has 0 aromatic carbocycles. The lowest BCUT2D eigenvalue weighted by Crippen LogP contribution is -2.36. The molecular formula is C16H16N4O3S. The molecule has 0 saturated carbocycles. The summed E-state index contributed by atoms with van der Waals surface area (Å²) in [7, 11) is 1.81. The van der Waals surface area contributed by atoms with Crippen LogP contribution in [0.15, 0.2) is 23.6 Å². The van der Waals surface area contributed by atoms with Crippen LogP contribution in [0.4, 0.5) is 0 Å². The Bertz CT molecular complexity index is 842. The SMILES string of the molecule is Cn1nc(C(=O)N2CC[C@@]3(CC(=O)NC3=O)C2)cc1-c1cccs1. The summed E-state index contributed by atoms with van der Waals surface area (Å²) in [5.74, 6) is -0.715. The zero-order valence-electron chi connectivity index (χ0n) is 13.1. The highest BCUT2D eigenvalue weighted by Crippen LogP contribution is 2.38. The maximum atomic E-state index is 12.7. The minimum absolute atomic E-state index is 0.165. The van der Waals surface area contributed by atoms with Gasteiger partial charge in [-0.3, -0.25) is 24.4 Å². The minimum atomic E-state index is -0.752. The Morgan fingerprint density at radius 3 is 2.92 bits per heavy atom. The topological polar surface area (TPSA) is 84.3 Å². The highest BCUT2D eigenvalue weighted by atomic mass is 32.1. The summed E-state index contributed by atoms with van der Waals surface area (Å²) in [6, 6.07) is 5.71. The van der Waals surface area contributed by atoms with E-state index in [4.69, 9.17) is 0 Å². The quantitative estimate of drug-likeness (QED) is 0.825. The third-order valence-corrected chi connectivity index (χ3v) is 5.64. The van der Waals surface area contributed by atoms with Crippen molar-refractivity contribution in [1.29, 1.82) is 0 Å². The summed E-state index contributed by atoms with van der Waals surface area (Å²) >= 11 is 1.59. The van der Waals surface area contributed by atoms with Crippen LogP contribution < -0.4 is 5.32 Å². The third kappa shape index (κ3) is 2.25. The molecule has 2 aliphatic heterocycles. The Labute approximate surface area is 142 Å². The molecule has 4 heterocycles. The first-order valence-corrected chi connectivity index (χ1v) is 8.58. The molecule has 2 aliphatic rings. The predicted molar refractivity (Wildman–Crippen MR) is 87.2 cm³/mol. The van der Waals surface area contributed by atoms with Gasteiger partial charge in [-0.25, -0.2) is 0 Å². The fourth-order valence-corrected chi connectivity index (χ4v) is 4.23. The molecule has 1 atom stereocenters. The van der Waals surface area contributed by atoms with E-state index in [2.05, 4.69) is 10.4 Å². The van der Waals surface area contributed by atoms with Crippen molar-refractivity contribution in [2.45, 2.75) is 12.8 Å². The van der Waals surface area contributed by atoms with Gasteiger partial charge in [-0.2, -0.15) is 5.10 Å². The van der Waals surface area contributed by atoms with Gasteiger partial charge in [-0.05, 0) is 23.9 Å². The highest BCUT2D eigenvalue weighted by molar-refractivity contribution is 7.13. The zero-order chi connectivity index (χ0) is 16.9. The van der Waals surface area contributed by atoms with E-state index >= 15 is 0 Å². The summed E-state index contributed by atoms with van der Waals surface area (Å²) in [4.78, 5) is 38.9. The van der Waals surface area contributed by atoms with Crippen LogP contribution in [-0.2, 0) is 16.6 Å². The van der Waals surface area contributed by atoms with Crippen molar-refractivity contribution in [3.05, 3.63) is 29.3 Å². The van der Waals surface area contributed by atoms with E-state index < -0.39 is 5.41 Å². The fourth-order valence-electron chi connectivity index (χ4n) is 3.46. The van der Waals surface area contributed by atoms with Crippen molar-refractivity contribution in [3.8, 4) is 10.6 Å². The van der Waals surface area contributed by atoms with Crippen molar-refractivity contribution in [2.75, 3.05) is 13.1 Å². The minimum Gasteiger partial charge on any atom is -0.336 e. The van der Waals surface area contributed by atoms with Crippen molar-refractivity contribution >= 4 is 29.1 Å². The predicted octanol–water partition coefficient (Wildman–Crippen LogP) is 1.03. The number of aromatic nitrogens is 2. The number of amides is 3. The molecule has 1 spiro atoms. The number of nitrogens with zero attached hydrogens (tertiary/aromatic N) is 3. The van der Waals surface area contributed by atoms with Gasteiger partial charge in [0.05, 0.1) is 16.0 Å². The van der Waals surface area contributed by atoms with Gasteiger partial charge < -0.3 is 4.90 Å². The summed E-state index contributed by atoms with van der Waals surface area (Å²) < 4.78 is 1.69. The molecule has 2 aromatic rings. The second kappa shape index (κ2) is 5.27. The average molecular weight is 344 g/mol. The van der Waals surface area contributed by atoms with Gasteiger partial charge in [0.25, 0.3) is 5.91 Å². The zero-order valence-corrected chi connectivity index (χ0v) is 13.9. The number of hydrogen-bond donors (Lipinski definition) is 1. The van der Waals surface area contributed by atoms with Crippen molar-refractivity contribution in [2.24, 2.45) is 12.5 Å². The van der Waals surface area contributed by atoms with Crippen LogP contribution in [-0.4, -0.2) is 45.5 Å². The first kappa shape index (κ1) is 15.1. The molecule has 2 aromatic heterocycles. The monoisotopic (exact) mass is 344 g/mol. The van der Waals surface area contributed by atoms with Gasteiger partial charge in [-0.1, -0.05) is 6.07 Å². The highest BCUT2D eigenvalue weighted by Gasteiger charge is 2.52. The molecule has 2 saturated heterocycles. The lowest BCUT2D eigenvalue weighted by molar-refractivity contribution is -0.128. The molecule has 24 heavy (non-hydrogen) atoms. The van der Waals surface area contributed by atoms with E-state index in [-0.39, 0.29) is 30.7 Å². The normalized spacial score (nSPS) is 23.3. The van der Waals surface area contributed by atoms with Gasteiger partial charge in [0.2, 0.25) is 11.8 Å². The molecule has 1 N–H and O–H groups in total. The summed E-state index contributed by atoms with van der Waals surface area (Å²) in [6.07, 6.45) is 0.680. The van der Waals surface area contributed by atoms with Crippen LogP contribution in [0.1, 0.15) is 23.3 Å². The molecule has 0 radical (unpaired) electrons.